The second kappa shape index (κ2) is 3.96. The minimum absolute atomic E-state index is 0.0663. The van der Waals surface area contributed by atoms with Gasteiger partial charge in [-0.05, 0) is 0 Å². The maximum atomic E-state index is 11.7. The van der Waals surface area contributed by atoms with Gasteiger partial charge in [0, 0.05) is 26.2 Å². The number of carbonyl (C=O) groups is 2. The minimum Gasteiger partial charge on any atom is -0.469 e. The average molecular weight is 223 g/mol. The summed E-state index contributed by atoms with van der Waals surface area (Å²) in [4.78, 5) is 24.6. The van der Waals surface area contributed by atoms with Crippen LogP contribution in [0.15, 0.2) is 12.4 Å². The van der Waals surface area contributed by atoms with Crippen molar-refractivity contribution in [2.75, 3.05) is 18.6 Å². The first-order valence-electron chi connectivity index (χ1n) is 4.98. The second-order valence-corrected chi connectivity index (χ2v) is 3.80. The molecule has 86 valence electrons. The number of aromatic nitrogens is 2. The Kier molecular flexibility index (Phi) is 2.64. The Labute approximate surface area is 92.8 Å². The van der Waals surface area contributed by atoms with Crippen molar-refractivity contribution < 1.29 is 14.3 Å². The lowest BCUT2D eigenvalue weighted by Crippen LogP contribution is -2.25. The molecule has 0 N–H and O–H groups in total. The third-order valence-corrected chi connectivity index (χ3v) is 2.66. The van der Waals surface area contributed by atoms with Crippen molar-refractivity contribution in [2.45, 2.75) is 6.42 Å². The molecule has 0 spiro atoms. The Bertz CT molecular complexity index is 427. The molecule has 16 heavy (non-hydrogen) atoms. The van der Waals surface area contributed by atoms with Crippen LogP contribution < -0.4 is 4.90 Å². The van der Waals surface area contributed by atoms with E-state index in [1.54, 1.807) is 29.0 Å². The van der Waals surface area contributed by atoms with Crippen molar-refractivity contribution in [1.29, 1.82) is 0 Å². The molecule has 1 aliphatic rings. The highest BCUT2D eigenvalue weighted by Gasteiger charge is 2.36. The molecule has 1 amide bonds. The molecule has 0 saturated carbocycles. The molecule has 0 bridgehead atoms. The summed E-state index contributed by atoms with van der Waals surface area (Å²) in [6, 6.07) is 0. The normalized spacial score (nSPS) is 20.2. The van der Waals surface area contributed by atoms with Crippen molar-refractivity contribution in [3.05, 3.63) is 12.4 Å². The number of esters is 1. The van der Waals surface area contributed by atoms with Gasteiger partial charge in [-0.15, -0.1) is 0 Å². The third-order valence-electron chi connectivity index (χ3n) is 2.66. The Morgan fingerprint density at radius 1 is 1.62 bits per heavy atom. The molecule has 1 aliphatic heterocycles. The number of rotatable bonds is 2. The van der Waals surface area contributed by atoms with Crippen LogP contribution in [0, 0.1) is 5.92 Å². The Balaban J connectivity index is 2.14. The van der Waals surface area contributed by atoms with Crippen LogP contribution in [0.25, 0.3) is 0 Å². The third kappa shape index (κ3) is 1.78. The number of nitrogens with zero attached hydrogens (tertiary/aromatic N) is 3. The Hall–Kier alpha value is -1.85. The van der Waals surface area contributed by atoms with Crippen LogP contribution in [0.5, 0.6) is 0 Å². The van der Waals surface area contributed by atoms with Crippen molar-refractivity contribution in [2.24, 2.45) is 13.0 Å². The van der Waals surface area contributed by atoms with E-state index in [-0.39, 0.29) is 24.2 Å². The molecule has 1 saturated heterocycles. The van der Waals surface area contributed by atoms with Gasteiger partial charge in [0.05, 0.1) is 24.9 Å². The van der Waals surface area contributed by atoms with Gasteiger partial charge in [0.2, 0.25) is 5.91 Å². The maximum Gasteiger partial charge on any atom is 0.311 e. The highest BCUT2D eigenvalue weighted by molar-refractivity contribution is 5.99. The lowest BCUT2D eigenvalue weighted by atomic mass is 10.1. The molecular formula is C10H13N3O3. The van der Waals surface area contributed by atoms with Crippen LogP contribution in [0.4, 0.5) is 5.69 Å². The molecule has 6 heteroatoms. The summed E-state index contributed by atoms with van der Waals surface area (Å²) < 4.78 is 6.25. The topological polar surface area (TPSA) is 64.4 Å². The fourth-order valence-corrected chi connectivity index (χ4v) is 1.83. The van der Waals surface area contributed by atoms with E-state index in [9.17, 15) is 9.59 Å². The fraction of sp³-hybridized carbons (Fsp3) is 0.500. The van der Waals surface area contributed by atoms with Crippen molar-refractivity contribution in [1.82, 2.24) is 9.78 Å². The smallest absolute Gasteiger partial charge is 0.311 e. The van der Waals surface area contributed by atoms with Crippen LogP contribution >= 0.6 is 0 Å². The quantitative estimate of drug-likeness (QED) is 0.659. The van der Waals surface area contributed by atoms with Crippen molar-refractivity contribution >= 4 is 17.6 Å². The molecule has 0 aromatic carbocycles. The number of amides is 1. The van der Waals surface area contributed by atoms with Gasteiger partial charge in [0.25, 0.3) is 0 Å². The SMILES string of the molecule is COC(=O)[C@H]1CC(=O)N(c2cnn(C)c2)C1. The number of carbonyl (C=O) groups excluding carboxylic acids is 2. The van der Waals surface area contributed by atoms with E-state index in [1.165, 1.54) is 7.11 Å². The molecule has 0 unspecified atom stereocenters. The maximum absolute atomic E-state index is 11.7. The van der Waals surface area contributed by atoms with E-state index in [0.717, 1.165) is 5.69 Å². The Morgan fingerprint density at radius 2 is 2.38 bits per heavy atom. The molecular weight excluding hydrogens is 210 g/mol. The van der Waals surface area contributed by atoms with E-state index in [0.29, 0.717) is 6.54 Å². The van der Waals surface area contributed by atoms with E-state index < -0.39 is 0 Å². The predicted molar refractivity (Wildman–Crippen MR) is 55.7 cm³/mol. The lowest BCUT2D eigenvalue weighted by Gasteiger charge is -2.13. The summed E-state index contributed by atoms with van der Waals surface area (Å²) in [5.41, 5.74) is 0.721. The summed E-state index contributed by atoms with van der Waals surface area (Å²) >= 11 is 0. The molecule has 1 atom stereocenters. The van der Waals surface area contributed by atoms with Crippen LogP contribution in [0.1, 0.15) is 6.42 Å². The second-order valence-electron chi connectivity index (χ2n) is 3.80. The van der Waals surface area contributed by atoms with Crippen LogP contribution in [-0.2, 0) is 21.4 Å². The molecule has 1 aromatic heterocycles. The first-order chi connectivity index (χ1) is 7.61. The van der Waals surface area contributed by atoms with Gasteiger partial charge in [-0.2, -0.15) is 5.10 Å². The fourth-order valence-electron chi connectivity index (χ4n) is 1.83. The number of methoxy groups -OCH3 is 1. The molecule has 2 heterocycles. The zero-order chi connectivity index (χ0) is 11.7. The summed E-state index contributed by atoms with van der Waals surface area (Å²) in [6.45, 7) is 0.372. The molecule has 1 fully saturated rings. The van der Waals surface area contributed by atoms with Gasteiger partial charge in [0.1, 0.15) is 0 Å². The van der Waals surface area contributed by atoms with Crippen molar-refractivity contribution in [3.8, 4) is 0 Å². The number of hydrogen-bond donors (Lipinski definition) is 0. The number of anilines is 1. The molecule has 0 aliphatic carbocycles. The minimum atomic E-state index is -0.363. The van der Waals surface area contributed by atoms with Crippen LogP contribution in [0.3, 0.4) is 0 Å². The van der Waals surface area contributed by atoms with Gasteiger partial charge in [-0.1, -0.05) is 0 Å². The molecule has 1 aromatic rings. The van der Waals surface area contributed by atoms with E-state index in [2.05, 4.69) is 9.84 Å². The van der Waals surface area contributed by atoms with E-state index in [1.807, 2.05) is 0 Å². The highest BCUT2D eigenvalue weighted by Crippen LogP contribution is 2.24. The van der Waals surface area contributed by atoms with Gasteiger partial charge in [-0.3, -0.25) is 14.3 Å². The van der Waals surface area contributed by atoms with Gasteiger partial charge in [0.15, 0.2) is 0 Å². The largest absolute Gasteiger partial charge is 0.469 e. The molecule has 0 radical (unpaired) electrons. The number of aryl methyl sites for hydroxylation is 1. The van der Waals surface area contributed by atoms with Gasteiger partial charge < -0.3 is 9.64 Å². The van der Waals surface area contributed by atoms with Gasteiger partial charge in [-0.25, -0.2) is 0 Å². The zero-order valence-electron chi connectivity index (χ0n) is 9.21. The number of ether oxygens (including phenoxy) is 1. The van der Waals surface area contributed by atoms with Crippen LogP contribution in [0.2, 0.25) is 0 Å². The molecule has 6 nitrogen and oxygen atoms in total. The summed E-state index contributed by atoms with van der Waals surface area (Å²) in [5, 5.41) is 3.99. The standard InChI is InChI=1S/C10H13N3O3/c1-12-6-8(4-11-12)13-5-7(3-9(13)14)10(15)16-2/h4,6-7H,3,5H2,1-2H3/t7-/m0/s1. The van der Waals surface area contributed by atoms with E-state index >= 15 is 0 Å². The first kappa shape index (κ1) is 10.7. The van der Waals surface area contributed by atoms with Gasteiger partial charge >= 0.3 is 5.97 Å². The van der Waals surface area contributed by atoms with E-state index in [4.69, 9.17) is 0 Å². The molecule has 2 rings (SSSR count). The predicted octanol–water partition coefficient (Wildman–Crippen LogP) is -0.0540. The van der Waals surface area contributed by atoms with Crippen molar-refractivity contribution in [3.63, 3.8) is 0 Å². The van der Waals surface area contributed by atoms with Crippen LogP contribution in [-0.4, -0.2) is 35.3 Å². The highest BCUT2D eigenvalue weighted by atomic mass is 16.5. The first-order valence-corrected chi connectivity index (χ1v) is 4.98. The lowest BCUT2D eigenvalue weighted by molar-refractivity contribution is -0.145. The Morgan fingerprint density at radius 3 is 2.94 bits per heavy atom. The summed E-state index contributed by atoms with van der Waals surface area (Å²) in [5.74, 6) is -0.763. The number of hydrogen-bond acceptors (Lipinski definition) is 4. The monoisotopic (exact) mass is 223 g/mol. The average Bonchev–Trinajstić information content (AvgIpc) is 2.83. The summed E-state index contributed by atoms with van der Waals surface area (Å²) in [6.07, 6.45) is 3.57. The zero-order valence-corrected chi connectivity index (χ0v) is 9.21. The summed E-state index contributed by atoms with van der Waals surface area (Å²) in [7, 11) is 3.11.